The number of fused-ring (bicyclic) bond motifs is 1. The highest BCUT2D eigenvalue weighted by atomic mass is 16.5. The number of nitrogens with zero attached hydrogens (tertiary/aromatic N) is 3. The minimum Gasteiger partial charge on any atom is -0.369 e. The van der Waals surface area contributed by atoms with E-state index >= 15 is 0 Å². The molecule has 0 saturated heterocycles. The van der Waals surface area contributed by atoms with Crippen molar-refractivity contribution in [3.63, 3.8) is 0 Å². The largest absolute Gasteiger partial charge is 0.369 e. The highest BCUT2D eigenvalue weighted by molar-refractivity contribution is 5.95. The Morgan fingerprint density at radius 1 is 1.17 bits per heavy atom. The molecule has 126 valence electrons. The topological polar surface area (TPSA) is 47.4 Å². The molecule has 0 aromatic carbocycles. The van der Waals surface area contributed by atoms with Gasteiger partial charge in [0.2, 0.25) is 0 Å². The molecule has 3 aliphatic rings. The van der Waals surface area contributed by atoms with E-state index < -0.39 is 0 Å². The number of carbonyl (C=O) groups is 1. The molecule has 0 N–H and O–H groups in total. The Kier molecular flexibility index (Phi) is 3.71. The van der Waals surface area contributed by atoms with Crippen LogP contribution in [0, 0.1) is 0 Å². The second-order valence-electron chi connectivity index (χ2n) is 7.51. The molecule has 2 atom stereocenters. The van der Waals surface area contributed by atoms with Gasteiger partial charge >= 0.3 is 0 Å². The van der Waals surface area contributed by atoms with Crippen LogP contribution in [-0.2, 0) is 18.2 Å². The van der Waals surface area contributed by atoms with Crippen molar-refractivity contribution in [1.29, 1.82) is 0 Å². The van der Waals surface area contributed by atoms with Crippen LogP contribution in [0.25, 0.3) is 0 Å². The number of hydrogen-bond donors (Lipinski definition) is 0. The first-order chi connectivity index (χ1) is 11.1. The third-order valence-corrected chi connectivity index (χ3v) is 5.60. The molecule has 5 nitrogen and oxygen atoms in total. The number of hydrogen-bond acceptors (Lipinski definition) is 3. The van der Waals surface area contributed by atoms with Crippen LogP contribution >= 0.6 is 0 Å². The van der Waals surface area contributed by atoms with Crippen molar-refractivity contribution >= 4 is 5.91 Å². The van der Waals surface area contributed by atoms with Gasteiger partial charge in [-0.1, -0.05) is 12.8 Å². The number of aryl methyl sites for hydroxylation is 1. The monoisotopic (exact) mass is 317 g/mol. The van der Waals surface area contributed by atoms with Crippen LogP contribution in [0.3, 0.4) is 0 Å². The summed E-state index contributed by atoms with van der Waals surface area (Å²) in [6, 6.07) is 0.889. The molecule has 0 unspecified atom stereocenters. The quantitative estimate of drug-likeness (QED) is 0.861. The summed E-state index contributed by atoms with van der Waals surface area (Å²) in [7, 11) is 1.93. The second-order valence-corrected chi connectivity index (χ2v) is 7.51. The standard InChI is InChI=1S/C18H27N3O2/c1-11-10-15-16(19-20(3)17(15)12(2)23-11)18(22)21(14-8-9-14)13-6-4-5-7-13/h11-14H,4-10H2,1-3H3/t11-,12+/m1/s1. The molecule has 2 aliphatic carbocycles. The van der Waals surface area contributed by atoms with Gasteiger partial charge in [-0.2, -0.15) is 5.10 Å². The molecular weight excluding hydrogens is 290 g/mol. The lowest BCUT2D eigenvalue weighted by molar-refractivity contribution is -0.00908. The number of rotatable bonds is 3. The lowest BCUT2D eigenvalue weighted by Gasteiger charge is -2.30. The van der Waals surface area contributed by atoms with Crippen LogP contribution in [-0.4, -0.2) is 38.8 Å². The van der Waals surface area contributed by atoms with Crippen LogP contribution < -0.4 is 0 Å². The molecule has 1 aromatic heterocycles. The summed E-state index contributed by atoms with van der Waals surface area (Å²) in [5.74, 6) is 0.164. The van der Waals surface area contributed by atoms with Gasteiger partial charge in [-0.3, -0.25) is 9.48 Å². The predicted octanol–water partition coefficient (Wildman–Crippen LogP) is 2.99. The Balaban J connectivity index is 1.69. The van der Waals surface area contributed by atoms with E-state index in [9.17, 15) is 4.79 Å². The first-order valence-electron chi connectivity index (χ1n) is 9.10. The minimum absolute atomic E-state index is 0.00801. The van der Waals surface area contributed by atoms with Crippen molar-refractivity contribution < 1.29 is 9.53 Å². The molecule has 0 radical (unpaired) electrons. The molecule has 2 heterocycles. The maximum atomic E-state index is 13.3. The van der Waals surface area contributed by atoms with E-state index in [4.69, 9.17) is 4.74 Å². The highest BCUT2D eigenvalue weighted by Crippen LogP contribution is 2.37. The van der Waals surface area contributed by atoms with Gasteiger partial charge in [-0.25, -0.2) is 0 Å². The van der Waals surface area contributed by atoms with Gasteiger partial charge in [0.25, 0.3) is 5.91 Å². The lowest BCUT2D eigenvalue weighted by Crippen LogP contribution is -2.41. The Morgan fingerprint density at radius 2 is 1.83 bits per heavy atom. The zero-order chi connectivity index (χ0) is 16.1. The fourth-order valence-corrected chi connectivity index (χ4v) is 4.50. The maximum absolute atomic E-state index is 13.3. The Morgan fingerprint density at radius 3 is 2.48 bits per heavy atom. The molecule has 2 saturated carbocycles. The molecule has 4 rings (SSSR count). The first-order valence-corrected chi connectivity index (χ1v) is 9.10. The smallest absolute Gasteiger partial charge is 0.275 e. The van der Waals surface area contributed by atoms with Crippen LogP contribution in [0.2, 0.25) is 0 Å². The summed E-state index contributed by atoms with van der Waals surface area (Å²) in [6.45, 7) is 4.14. The van der Waals surface area contributed by atoms with E-state index in [0.29, 0.717) is 17.8 Å². The maximum Gasteiger partial charge on any atom is 0.275 e. The Bertz CT molecular complexity index is 614. The van der Waals surface area contributed by atoms with Crippen LogP contribution in [0.1, 0.15) is 80.2 Å². The van der Waals surface area contributed by atoms with E-state index in [2.05, 4.69) is 23.8 Å². The van der Waals surface area contributed by atoms with Crippen molar-refractivity contribution in [1.82, 2.24) is 14.7 Å². The highest BCUT2D eigenvalue weighted by Gasteiger charge is 2.41. The van der Waals surface area contributed by atoms with Crippen LogP contribution in [0.4, 0.5) is 0 Å². The van der Waals surface area contributed by atoms with Crippen LogP contribution in [0.15, 0.2) is 0 Å². The normalized spacial score (nSPS) is 28.0. The fraction of sp³-hybridized carbons (Fsp3) is 0.778. The van der Waals surface area contributed by atoms with Gasteiger partial charge in [-0.05, 0) is 39.5 Å². The van der Waals surface area contributed by atoms with Crippen molar-refractivity contribution in [3.05, 3.63) is 17.0 Å². The molecule has 1 amide bonds. The van der Waals surface area contributed by atoms with Crippen LogP contribution in [0.5, 0.6) is 0 Å². The molecule has 1 aliphatic heterocycles. The summed E-state index contributed by atoms with van der Waals surface area (Å²) in [5, 5.41) is 4.62. The number of aromatic nitrogens is 2. The van der Waals surface area contributed by atoms with E-state index in [-0.39, 0.29) is 18.1 Å². The van der Waals surface area contributed by atoms with Crippen molar-refractivity contribution in [2.75, 3.05) is 0 Å². The SMILES string of the molecule is C[C@@H]1Cc2c(C(=O)N(C3CCCC3)C3CC3)nn(C)c2[C@H](C)O1. The van der Waals surface area contributed by atoms with Gasteiger partial charge < -0.3 is 9.64 Å². The average Bonchev–Trinajstić information content (AvgIpc) is 3.05. The average molecular weight is 317 g/mol. The van der Waals surface area contributed by atoms with Crippen molar-refractivity contribution in [3.8, 4) is 0 Å². The number of amides is 1. The van der Waals surface area contributed by atoms with E-state index in [1.54, 1.807) is 0 Å². The van der Waals surface area contributed by atoms with Crippen molar-refractivity contribution in [2.24, 2.45) is 7.05 Å². The first kappa shape index (κ1) is 15.2. The van der Waals surface area contributed by atoms with Gasteiger partial charge in [0.05, 0.1) is 17.9 Å². The summed E-state index contributed by atoms with van der Waals surface area (Å²) < 4.78 is 7.78. The van der Waals surface area contributed by atoms with Gasteiger partial charge in [-0.15, -0.1) is 0 Å². The second kappa shape index (κ2) is 5.62. The molecule has 0 bridgehead atoms. The molecule has 1 aromatic rings. The lowest BCUT2D eigenvalue weighted by atomic mass is 9.98. The fourth-order valence-electron chi connectivity index (χ4n) is 4.50. The third-order valence-electron chi connectivity index (χ3n) is 5.60. The van der Waals surface area contributed by atoms with E-state index in [0.717, 1.165) is 43.4 Å². The van der Waals surface area contributed by atoms with E-state index in [1.165, 1.54) is 12.8 Å². The number of carbonyl (C=O) groups excluding carboxylic acids is 1. The summed E-state index contributed by atoms with van der Waals surface area (Å²) in [5.41, 5.74) is 2.88. The summed E-state index contributed by atoms with van der Waals surface area (Å²) in [6.07, 6.45) is 8.09. The molecule has 5 heteroatoms. The predicted molar refractivity (Wildman–Crippen MR) is 87.3 cm³/mol. The number of ether oxygens (including phenoxy) is 1. The zero-order valence-electron chi connectivity index (χ0n) is 14.4. The Labute approximate surface area is 138 Å². The summed E-state index contributed by atoms with van der Waals surface area (Å²) >= 11 is 0. The van der Waals surface area contributed by atoms with Gasteiger partial charge in [0, 0.05) is 31.1 Å². The molecule has 0 spiro atoms. The van der Waals surface area contributed by atoms with E-state index in [1.807, 2.05) is 11.7 Å². The molecule has 23 heavy (non-hydrogen) atoms. The van der Waals surface area contributed by atoms with Gasteiger partial charge in [0.1, 0.15) is 0 Å². The third kappa shape index (κ3) is 2.59. The minimum atomic E-state index is 0.00801. The zero-order valence-corrected chi connectivity index (χ0v) is 14.4. The molecular formula is C18H27N3O2. The Hall–Kier alpha value is -1.36. The van der Waals surface area contributed by atoms with Gasteiger partial charge in [0.15, 0.2) is 5.69 Å². The summed E-state index contributed by atoms with van der Waals surface area (Å²) in [4.78, 5) is 15.5. The molecule has 2 fully saturated rings. The van der Waals surface area contributed by atoms with Crippen molar-refractivity contribution in [2.45, 2.75) is 83.1 Å².